The smallest absolute Gasteiger partial charge is 0.146 e. The maximum atomic E-state index is 10.2. The zero-order valence-corrected chi connectivity index (χ0v) is 12.0. The Morgan fingerprint density at radius 2 is 2.18 bits per heavy atom. The van der Waals surface area contributed by atoms with Gasteiger partial charge in [-0.3, -0.25) is 0 Å². The topological polar surface area (TPSA) is 84.1 Å². The molecule has 4 N–H and O–H groups in total. The summed E-state index contributed by atoms with van der Waals surface area (Å²) in [6, 6.07) is 0. The minimum absolute atomic E-state index is 0.381. The minimum atomic E-state index is -0.771. The van der Waals surface area contributed by atoms with E-state index in [9.17, 15) is 5.11 Å². The van der Waals surface area contributed by atoms with Crippen molar-refractivity contribution >= 4 is 27.6 Å². The van der Waals surface area contributed by atoms with Gasteiger partial charge in [0.1, 0.15) is 22.4 Å². The van der Waals surface area contributed by atoms with Crippen molar-refractivity contribution in [2.75, 3.05) is 17.6 Å². The van der Waals surface area contributed by atoms with Gasteiger partial charge in [0.2, 0.25) is 0 Å². The Morgan fingerprint density at radius 3 is 2.76 bits per heavy atom. The van der Waals surface area contributed by atoms with E-state index < -0.39 is 5.60 Å². The molecule has 0 spiro atoms. The van der Waals surface area contributed by atoms with Crippen molar-refractivity contribution < 1.29 is 5.11 Å². The van der Waals surface area contributed by atoms with Gasteiger partial charge in [-0.05, 0) is 35.2 Å². The van der Waals surface area contributed by atoms with Crippen LogP contribution in [0.3, 0.4) is 0 Å². The summed E-state index contributed by atoms with van der Waals surface area (Å²) in [5.41, 5.74) is 4.87. The number of hydrogen-bond donors (Lipinski definition) is 3. The van der Waals surface area contributed by atoms with Gasteiger partial charge in [0, 0.05) is 6.54 Å². The number of nitrogens with two attached hydrogens (primary N) is 1. The first-order valence-electron chi connectivity index (χ1n) is 5.54. The van der Waals surface area contributed by atoms with Crippen LogP contribution in [0.15, 0.2) is 10.8 Å². The van der Waals surface area contributed by atoms with Crippen molar-refractivity contribution in [2.24, 2.45) is 5.92 Å². The quantitative estimate of drug-likeness (QED) is 0.775. The molecule has 1 unspecified atom stereocenters. The number of nitrogen functional groups attached to an aromatic ring is 1. The van der Waals surface area contributed by atoms with E-state index in [1.807, 2.05) is 0 Å². The lowest BCUT2D eigenvalue weighted by atomic mass is 9.94. The first kappa shape index (κ1) is 14.2. The predicted octanol–water partition coefficient (Wildman–Crippen LogP) is 2.03. The van der Waals surface area contributed by atoms with E-state index in [0.29, 0.717) is 28.6 Å². The monoisotopic (exact) mass is 302 g/mol. The Hall–Kier alpha value is -0.880. The molecule has 96 valence electrons. The molecule has 0 fully saturated rings. The lowest BCUT2D eigenvalue weighted by molar-refractivity contribution is 0.0514. The standard InChI is InChI=1S/C11H19BrN4O/c1-7(2)4-11(3,17)5-14-10-8(12)9(13)15-6-16-10/h6-7,17H,4-5H2,1-3H3,(H3,13,14,15,16). The number of hydrogen-bond acceptors (Lipinski definition) is 5. The molecule has 6 heteroatoms. The van der Waals surface area contributed by atoms with Crippen LogP contribution in [0.4, 0.5) is 11.6 Å². The van der Waals surface area contributed by atoms with Crippen molar-refractivity contribution in [3.8, 4) is 0 Å². The van der Waals surface area contributed by atoms with Crippen LogP contribution < -0.4 is 11.1 Å². The van der Waals surface area contributed by atoms with Gasteiger partial charge in [0.15, 0.2) is 0 Å². The lowest BCUT2D eigenvalue weighted by Crippen LogP contribution is -2.35. The zero-order chi connectivity index (χ0) is 13.1. The molecule has 1 aromatic rings. The number of aromatic nitrogens is 2. The van der Waals surface area contributed by atoms with Gasteiger partial charge >= 0.3 is 0 Å². The van der Waals surface area contributed by atoms with Gasteiger partial charge in [-0.25, -0.2) is 9.97 Å². The second kappa shape index (κ2) is 5.64. The fourth-order valence-corrected chi connectivity index (χ4v) is 2.08. The molecule has 0 aliphatic rings. The summed E-state index contributed by atoms with van der Waals surface area (Å²) in [5, 5.41) is 13.2. The zero-order valence-electron chi connectivity index (χ0n) is 10.4. The summed E-state index contributed by atoms with van der Waals surface area (Å²) < 4.78 is 0.625. The molecule has 5 nitrogen and oxygen atoms in total. The third-order valence-electron chi connectivity index (χ3n) is 2.30. The molecule has 0 saturated carbocycles. The van der Waals surface area contributed by atoms with Crippen molar-refractivity contribution in [2.45, 2.75) is 32.8 Å². The van der Waals surface area contributed by atoms with Crippen LogP contribution in [0.25, 0.3) is 0 Å². The van der Waals surface area contributed by atoms with Crippen LogP contribution in [0, 0.1) is 5.92 Å². The molecule has 0 aliphatic carbocycles. The van der Waals surface area contributed by atoms with Gasteiger partial charge in [0.05, 0.1) is 5.60 Å². The van der Waals surface area contributed by atoms with E-state index in [1.54, 1.807) is 6.92 Å². The number of nitrogens with zero attached hydrogens (tertiary/aromatic N) is 2. The molecule has 0 amide bonds. The van der Waals surface area contributed by atoms with Crippen LogP contribution in [0.1, 0.15) is 27.2 Å². The van der Waals surface area contributed by atoms with Crippen LogP contribution in [-0.4, -0.2) is 27.2 Å². The number of aliphatic hydroxyl groups is 1. The van der Waals surface area contributed by atoms with E-state index >= 15 is 0 Å². The summed E-state index contributed by atoms with van der Waals surface area (Å²) in [5.74, 6) is 1.42. The van der Waals surface area contributed by atoms with E-state index in [2.05, 4.69) is 45.1 Å². The van der Waals surface area contributed by atoms with Crippen molar-refractivity contribution in [1.29, 1.82) is 0 Å². The summed E-state index contributed by atoms with van der Waals surface area (Å²) in [6.45, 7) is 6.37. The van der Waals surface area contributed by atoms with Crippen LogP contribution in [-0.2, 0) is 0 Å². The molecule has 1 heterocycles. The molecule has 0 radical (unpaired) electrons. The molecule has 1 aromatic heterocycles. The minimum Gasteiger partial charge on any atom is -0.388 e. The van der Waals surface area contributed by atoms with Gasteiger partial charge in [-0.2, -0.15) is 0 Å². The summed E-state index contributed by atoms with van der Waals surface area (Å²) in [4.78, 5) is 7.91. The number of rotatable bonds is 5. The second-order valence-electron chi connectivity index (χ2n) is 4.87. The van der Waals surface area contributed by atoms with E-state index in [4.69, 9.17) is 5.73 Å². The highest BCUT2D eigenvalue weighted by Crippen LogP contribution is 2.25. The van der Waals surface area contributed by atoms with Gasteiger partial charge in [-0.1, -0.05) is 13.8 Å². The SMILES string of the molecule is CC(C)CC(C)(O)CNc1ncnc(N)c1Br. The molecule has 0 aromatic carbocycles. The highest BCUT2D eigenvalue weighted by molar-refractivity contribution is 9.10. The third-order valence-corrected chi connectivity index (χ3v) is 3.08. The molecular weight excluding hydrogens is 284 g/mol. The Morgan fingerprint density at radius 1 is 1.53 bits per heavy atom. The Bertz CT molecular complexity index is 382. The van der Waals surface area contributed by atoms with Crippen LogP contribution in [0.5, 0.6) is 0 Å². The fourth-order valence-electron chi connectivity index (χ4n) is 1.73. The van der Waals surface area contributed by atoms with Gasteiger partial charge in [0.25, 0.3) is 0 Å². The van der Waals surface area contributed by atoms with E-state index in [-0.39, 0.29) is 0 Å². The average Bonchev–Trinajstić information content (AvgIpc) is 2.18. The number of anilines is 2. The van der Waals surface area contributed by atoms with Crippen LogP contribution >= 0.6 is 15.9 Å². The Labute approximate surface area is 110 Å². The molecule has 17 heavy (non-hydrogen) atoms. The highest BCUT2D eigenvalue weighted by atomic mass is 79.9. The largest absolute Gasteiger partial charge is 0.388 e. The molecule has 1 rings (SSSR count). The lowest BCUT2D eigenvalue weighted by Gasteiger charge is -2.26. The van der Waals surface area contributed by atoms with E-state index in [1.165, 1.54) is 6.33 Å². The van der Waals surface area contributed by atoms with Gasteiger partial charge < -0.3 is 16.2 Å². The number of halogens is 1. The molecular formula is C11H19BrN4O. The first-order chi connectivity index (χ1) is 7.82. The number of nitrogens with one attached hydrogen (secondary N) is 1. The Kier molecular flexibility index (Phi) is 4.70. The molecule has 0 aliphatic heterocycles. The summed E-state index contributed by atoms with van der Waals surface area (Å²) in [7, 11) is 0. The van der Waals surface area contributed by atoms with Gasteiger partial charge in [-0.15, -0.1) is 0 Å². The fraction of sp³-hybridized carbons (Fsp3) is 0.636. The first-order valence-corrected chi connectivity index (χ1v) is 6.33. The highest BCUT2D eigenvalue weighted by Gasteiger charge is 2.22. The molecule has 0 saturated heterocycles. The van der Waals surface area contributed by atoms with Crippen molar-refractivity contribution in [3.05, 3.63) is 10.8 Å². The molecule has 0 bridgehead atoms. The maximum absolute atomic E-state index is 10.2. The predicted molar refractivity (Wildman–Crippen MR) is 72.7 cm³/mol. The maximum Gasteiger partial charge on any atom is 0.146 e. The van der Waals surface area contributed by atoms with Crippen LogP contribution in [0.2, 0.25) is 0 Å². The molecule has 1 atom stereocenters. The normalized spacial score (nSPS) is 14.7. The second-order valence-corrected chi connectivity index (χ2v) is 5.66. The van der Waals surface area contributed by atoms with E-state index in [0.717, 1.165) is 6.42 Å². The average molecular weight is 303 g/mol. The van der Waals surface area contributed by atoms with Crippen molar-refractivity contribution in [3.63, 3.8) is 0 Å². The Balaban J connectivity index is 2.64. The summed E-state index contributed by atoms with van der Waals surface area (Å²) >= 11 is 3.30. The summed E-state index contributed by atoms with van der Waals surface area (Å²) in [6.07, 6.45) is 2.11. The van der Waals surface area contributed by atoms with Crippen molar-refractivity contribution in [1.82, 2.24) is 9.97 Å². The third kappa shape index (κ3) is 4.47.